The number of carbonyl (C=O) groups excluding carboxylic acids is 2. The first-order chi connectivity index (χ1) is 12.7. The van der Waals surface area contributed by atoms with Gasteiger partial charge in [-0.15, -0.1) is 11.3 Å². The molecule has 1 saturated heterocycles. The highest BCUT2D eigenvalue weighted by atomic mass is 32.1. The van der Waals surface area contributed by atoms with Crippen LogP contribution in [0, 0.1) is 0 Å². The molecule has 0 bridgehead atoms. The predicted molar refractivity (Wildman–Crippen MR) is 104 cm³/mol. The highest BCUT2D eigenvalue weighted by molar-refractivity contribution is 7.14. The van der Waals surface area contributed by atoms with Gasteiger partial charge in [0.1, 0.15) is 0 Å². The zero-order chi connectivity index (χ0) is 18.1. The van der Waals surface area contributed by atoms with E-state index in [1.807, 2.05) is 12.1 Å². The summed E-state index contributed by atoms with van der Waals surface area (Å²) in [5.41, 5.74) is 3.39. The fourth-order valence-electron chi connectivity index (χ4n) is 3.74. The predicted octanol–water partition coefficient (Wildman–Crippen LogP) is 3.88. The van der Waals surface area contributed by atoms with Crippen LogP contribution in [0.2, 0.25) is 0 Å². The Morgan fingerprint density at radius 2 is 1.92 bits per heavy atom. The van der Waals surface area contributed by atoms with Gasteiger partial charge >= 0.3 is 5.97 Å². The lowest BCUT2D eigenvalue weighted by molar-refractivity contribution is 0.0600. The Morgan fingerprint density at radius 3 is 2.65 bits per heavy atom. The first-order valence-corrected chi connectivity index (χ1v) is 9.87. The summed E-state index contributed by atoms with van der Waals surface area (Å²) in [5, 5.41) is 3.03. The minimum atomic E-state index is -0.399. The fraction of sp³-hybridized carbons (Fsp3) is 0.400. The minimum absolute atomic E-state index is 0.105. The summed E-state index contributed by atoms with van der Waals surface area (Å²) in [5.74, 6) is -0.504. The molecule has 5 nitrogen and oxygen atoms in total. The number of hydrogen-bond acceptors (Lipinski definition) is 5. The van der Waals surface area contributed by atoms with E-state index >= 15 is 0 Å². The van der Waals surface area contributed by atoms with Gasteiger partial charge in [-0.2, -0.15) is 0 Å². The van der Waals surface area contributed by atoms with Crippen LogP contribution in [0.15, 0.2) is 24.3 Å². The largest absolute Gasteiger partial charge is 0.465 e. The second-order valence-corrected chi connectivity index (χ2v) is 7.92. The van der Waals surface area contributed by atoms with Crippen molar-refractivity contribution in [2.75, 3.05) is 30.4 Å². The molecule has 1 amide bonds. The van der Waals surface area contributed by atoms with Crippen LogP contribution in [0.1, 0.15) is 49.7 Å². The maximum absolute atomic E-state index is 12.8. The van der Waals surface area contributed by atoms with Gasteiger partial charge in [0.25, 0.3) is 5.91 Å². The van der Waals surface area contributed by atoms with E-state index in [1.165, 1.54) is 24.0 Å². The van der Waals surface area contributed by atoms with Gasteiger partial charge in [-0.1, -0.05) is 0 Å². The number of benzene rings is 1. The molecular weight excluding hydrogens is 348 g/mol. The molecule has 0 saturated carbocycles. The molecular formula is C20H22N2O3S. The van der Waals surface area contributed by atoms with Gasteiger partial charge in [-0.05, 0) is 61.9 Å². The quantitative estimate of drug-likeness (QED) is 0.830. The number of esters is 1. The topological polar surface area (TPSA) is 58.6 Å². The highest BCUT2D eigenvalue weighted by Gasteiger charge is 2.22. The molecule has 0 unspecified atom stereocenters. The van der Waals surface area contributed by atoms with Gasteiger partial charge in [0, 0.05) is 18.0 Å². The summed E-state index contributed by atoms with van der Waals surface area (Å²) in [6.07, 6.45) is 5.61. The van der Waals surface area contributed by atoms with E-state index in [2.05, 4.69) is 10.2 Å². The van der Waals surface area contributed by atoms with Crippen LogP contribution in [-0.2, 0) is 17.6 Å². The van der Waals surface area contributed by atoms with Crippen molar-refractivity contribution in [2.24, 2.45) is 0 Å². The number of rotatable bonds is 4. The number of amides is 1. The zero-order valence-corrected chi connectivity index (χ0v) is 15.7. The highest BCUT2D eigenvalue weighted by Crippen LogP contribution is 2.33. The number of thiophene rings is 1. The lowest BCUT2D eigenvalue weighted by atomic mass is 10.1. The number of fused-ring (bicyclic) bond motifs is 1. The molecule has 2 heterocycles. The monoisotopic (exact) mass is 370 g/mol. The molecule has 1 N–H and O–H groups in total. The standard InChI is InChI=1S/C20H22N2O3S/c1-25-20(24)14-7-8-16(22-9-2-3-10-22)15(11-14)21-19(23)18-12-13-5-4-6-17(13)26-18/h7-8,11-12H,2-6,9-10H2,1H3,(H,21,23). The lowest BCUT2D eigenvalue weighted by Gasteiger charge is -2.22. The van der Waals surface area contributed by atoms with E-state index in [0.717, 1.165) is 49.3 Å². The number of hydrogen-bond donors (Lipinski definition) is 1. The maximum atomic E-state index is 12.8. The summed E-state index contributed by atoms with van der Waals surface area (Å²) in [4.78, 5) is 29.0. The van der Waals surface area contributed by atoms with Crippen molar-refractivity contribution in [1.29, 1.82) is 0 Å². The van der Waals surface area contributed by atoms with Gasteiger partial charge in [-0.25, -0.2) is 4.79 Å². The van der Waals surface area contributed by atoms with Crippen LogP contribution in [0.4, 0.5) is 11.4 Å². The van der Waals surface area contributed by atoms with Crippen molar-refractivity contribution in [2.45, 2.75) is 32.1 Å². The number of nitrogens with zero attached hydrogens (tertiary/aromatic N) is 1. The van der Waals surface area contributed by atoms with Crippen molar-refractivity contribution < 1.29 is 14.3 Å². The molecule has 4 rings (SSSR count). The van der Waals surface area contributed by atoms with E-state index in [0.29, 0.717) is 11.3 Å². The average Bonchev–Trinajstić information content (AvgIpc) is 3.37. The van der Waals surface area contributed by atoms with E-state index in [9.17, 15) is 9.59 Å². The first-order valence-electron chi connectivity index (χ1n) is 9.06. The Kier molecular flexibility index (Phi) is 4.68. The van der Waals surface area contributed by atoms with Gasteiger partial charge in [0.2, 0.25) is 0 Å². The number of carbonyl (C=O) groups is 2. The van der Waals surface area contributed by atoms with Crippen LogP contribution < -0.4 is 10.2 Å². The van der Waals surface area contributed by atoms with Crippen molar-refractivity contribution >= 4 is 34.6 Å². The molecule has 2 aromatic rings. The van der Waals surface area contributed by atoms with Gasteiger partial charge in [-0.3, -0.25) is 4.79 Å². The number of aryl methyl sites for hydroxylation is 2. The Bertz CT molecular complexity index is 831. The number of anilines is 2. The van der Waals surface area contributed by atoms with Crippen molar-refractivity contribution in [3.63, 3.8) is 0 Å². The van der Waals surface area contributed by atoms with Crippen molar-refractivity contribution in [1.82, 2.24) is 0 Å². The Morgan fingerprint density at radius 1 is 1.12 bits per heavy atom. The third-order valence-corrected chi connectivity index (χ3v) is 6.32. The van der Waals surface area contributed by atoms with E-state index in [1.54, 1.807) is 23.5 Å². The smallest absolute Gasteiger partial charge is 0.337 e. The molecule has 1 aromatic heterocycles. The molecule has 1 aliphatic carbocycles. The van der Waals surface area contributed by atoms with Gasteiger partial charge < -0.3 is 15.0 Å². The summed E-state index contributed by atoms with van der Waals surface area (Å²) in [6.45, 7) is 1.93. The summed E-state index contributed by atoms with van der Waals surface area (Å²) in [7, 11) is 1.36. The minimum Gasteiger partial charge on any atom is -0.465 e. The molecule has 6 heteroatoms. The summed E-state index contributed by atoms with van der Waals surface area (Å²) in [6, 6.07) is 7.40. The van der Waals surface area contributed by atoms with Crippen LogP contribution in [0.25, 0.3) is 0 Å². The van der Waals surface area contributed by atoms with E-state index in [4.69, 9.17) is 4.74 Å². The molecule has 1 aliphatic heterocycles. The molecule has 0 radical (unpaired) electrons. The molecule has 1 aromatic carbocycles. The Labute approximate surface area is 157 Å². The van der Waals surface area contributed by atoms with Crippen molar-refractivity contribution in [3.8, 4) is 0 Å². The lowest BCUT2D eigenvalue weighted by Crippen LogP contribution is -2.21. The number of ether oxygens (including phenoxy) is 1. The van der Waals surface area contributed by atoms with Gasteiger partial charge in [0.05, 0.1) is 28.9 Å². The first kappa shape index (κ1) is 17.1. The van der Waals surface area contributed by atoms with E-state index < -0.39 is 5.97 Å². The molecule has 0 spiro atoms. The third-order valence-electron chi connectivity index (χ3n) is 5.08. The molecule has 136 valence electrons. The summed E-state index contributed by atoms with van der Waals surface area (Å²) >= 11 is 1.59. The molecule has 26 heavy (non-hydrogen) atoms. The zero-order valence-electron chi connectivity index (χ0n) is 14.8. The molecule has 1 fully saturated rings. The second-order valence-electron chi connectivity index (χ2n) is 6.78. The van der Waals surface area contributed by atoms with Crippen LogP contribution in [0.5, 0.6) is 0 Å². The van der Waals surface area contributed by atoms with Crippen LogP contribution >= 0.6 is 11.3 Å². The summed E-state index contributed by atoms with van der Waals surface area (Å²) < 4.78 is 4.82. The maximum Gasteiger partial charge on any atom is 0.337 e. The molecule has 0 atom stereocenters. The van der Waals surface area contributed by atoms with E-state index in [-0.39, 0.29) is 5.91 Å². The average molecular weight is 370 g/mol. The normalized spacial score (nSPS) is 15.8. The second kappa shape index (κ2) is 7.11. The van der Waals surface area contributed by atoms with Crippen molar-refractivity contribution in [3.05, 3.63) is 45.1 Å². The molecule has 2 aliphatic rings. The van der Waals surface area contributed by atoms with Crippen LogP contribution in [-0.4, -0.2) is 32.1 Å². The van der Waals surface area contributed by atoms with Crippen LogP contribution in [0.3, 0.4) is 0 Å². The number of nitrogens with one attached hydrogen (secondary N) is 1. The Hall–Kier alpha value is -2.34. The number of methoxy groups -OCH3 is 1. The fourth-order valence-corrected chi connectivity index (χ4v) is 4.89. The van der Waals surface area contributed by atoms with Gasteiger partial charge in [0.15, 0.2) is 0 Å². The third kappa shape index (κ3) is 3.21. The SMILES string of the molecule is COC(=O)c1ccc(N2CCCC2)c(NC(=O)c2cc3c(s2)CCC3)c1. The Balaban J connectivity index is 1.63.